The average Bonchev–Trinajstić information content (AvgIpc) is 2.45. The molecule has 0 radical (unpaired) electrons. The molecular weight excluding hydrogens is 264 g/mol. The lowest BCUT2D eigenvalue weighted by atomic mass is 9.84. The zero-order valence-electron chi connectivity index (χ0n) is 12.1. The molecule has 4 nitrogen and oxygen atoms in total. The standard InChI is InChI=1S/C17H18N2O2/c1-17(2)14-9-8-13(10-15(14)19-17)18-16(20)21-11-12-6-4-3-5-7-12/h3-10,19H,11H2,1-2H3,(H,18,20). The van der Waals surface area contributed by atoms with Gasteiger partial charge in [0.15, 0.2) is 0 Å². The van der Waals surface area contributed by atoms with Crippen LogP contribution in [0.15, 0.2) is 48.5 Å². The van der Waals surface area contributed by atoms with Crippen LogP contribution in [-0.4, -0.2) is 6.09 Å². The molecule has 1 aliphatic heterocycles. The number of carbonyl (C=O) groups is 1. The van der Waals surface area contributed by atoms with Crippen LogP contribution < -0.4 is 10.6 Å². The van der Waals surface area contributed by atoms with Crippen LogP contribution in [0.25, 0.3) is 0 Å². The third-order valence-electron chi connectivity index (χ3n) is 3.60. The summed E-state index contributed by atoms with van der Waals surface area (Å²) in [5, 5.41) is 6.08. The molecule has 1 heterocycles. The molecule has 2 aromatic rings. The minimum Gasteiger partial charge on any atom is -0.444 e. The minimum absolute atomic E-state index is 0.0156. The van der Waals surface area contributed by atoms with Gasteiger partial charge in [0.2, 0.25) is 0 Å². The first kappa shape index (κ1) is 13.5. The zero-order valence-corrected chi connectivity index (χ0v) is 12.1. The lowest BCUT2D eigenvalue weighted by Crippen LogP contribution is -2.38. The molecule has 1 aliphatic rings. The van der Waals surface area contributed by atoms with Gasteiger partial charge >= 0.3 is 6.09 Å². The van der Waals surface area contributed by atoms with Gasteiger partial charge in [-0.05, 0) is 31.5 Å². The molecular formula is C17H18N2O2. The molecule has 0 aromatic heterocycles. The molecule has 108 valence electrons. The predicted molar refractivity (Wildman–Crippen MR) is 83.3 cm³/mol. The van der Waals surface area contributed by atoms with E-state index in [0.717, 1.165) is 16.9 Å². The van der Waals surface area contributed by atoms with Gasteiger partial charge in [-0.15, -0.1) is 0 Å². The molecule has 0 saturated carbocycles. The lowest BCUT2D eigenvalue weighted by molar-refractivity contribution is 0.155. The van der Waals surface area contributed by atoms with Crippen LogP contribution >= 0.6 is 0 Å². The van der Waals surface area contributed by atoms with Crippen molar-refractivity contribution in [2.24, 2.45) is 0 Å². The highest BCUT2D eigenvalue weighted by Gasteiger charge is 2.32. The summed E-state index contributed by atoms with van der Waals surface area (Å²) in [7, 11) is 0. The Bertz CT molecular complexity index is 666. The number of nitrogens with one attached hydrogen (secondary N) is 2. The highest BCUT2D eigenvalue weighted by molar-refractivity contribution is 5.86. The van der Waals surface area contributed by atoms with Gasteiger partial charge in [-0.25, -0.2) is 4.79 Å². The van der Waals surface area contributed by atoms with Crippen LogP contribution in [0.2, 0.25) is 0 Å². The molecule has 0 aliphatic carbocycles. The van der Waals surface area contributed by atoms with Crippen LogP contribution in [0.1, 0.15) is 25.0 Å². The Morgan fingerprint density at radius 2 is 1.95 bits per heavy atom. The molecule has 4 heteroatoms. The van der Waals surface area contributed by atoms with E-state index < -0.39 is 6.09 Å². The number of carbonyl (C=O) groups excluding carboxylic acids is 1. The highest BCUT2D eigenvalue weighted by Crippen LogP contribution is 2.41. The number of ether oxygens (including phenoxy) is 1. The number of amides is 1. The summed E-state index contributed by atoms with van der Waals surface area (Å²) in [6.07, 6.45) is -0.447. The van der Waals surface area contributed by atoms with Crippen molar-refractivity contribution < 1.29 is 9.53 Å². The number of rotatable bonds is 3. The Labute approximate surface area is 124 Å². The maximum absolute atomic E-state index is 11.8. The molecule has 0 atom stereocenters. The Hall–Kier alpha value is -2.49. The van der Waals surface area contributed by atoms with Crippen LogP contribution in [0, 0.1) is 0 Å². The smallest absolute Gasteiger partial charge is 0.411 e. The normalized spacial score (nSPS) is 14.4. The summed E-state index contributed by atoms with van der Waals surface area (Å²) in [5.74, 6) is 0. The molecule has 2 N–H and O–H groups in total. The van der Waals surface area contributed by atoms with Crippen molar-refractivity contribution in [2.75, 3.05) is 10.6 Å². The van der Waals surface area contributed by atoms with Crippen molar-refractivity contribution in [3.8, 4) is 0 Å². The van der Waals surface area contributed by atoms with E-state index in [0.29, 0.717) is 0 Å². The largest absolute Gasteiger partial charge is 0.444 e. The van der Waals surface area contributed by atoms with E-state index in [9.17, 15) is 4.79 Å². The van der Waals surface area contributed by atoms with E-state index in [-0.39, 0.29) is 12.1 Å². The third-order valence-corrected chi connectivity index (χ3v) is 3.60. The van der Waals surface area contributed by atoms with Gasteiger partial charge < -0.3 is 10.1 Å². The van der Waals surface area contributed by atoms with Gasteiger partial charge in [0.05, 0.1) is 5.54 Å². The third kappa shape index (κ3) is 2.84. The maximum atomic E-state index is 11.8. The van der Waals surface area contributed by atoms with Gasteiger partial charge in [-0.2, -0.15) is 0 Å². The minimum atomic E-state index is -0.447. The predicted octanol–water partition coefficient (Wildman–Crippen LogP) is 4.10. The fraction of sp³-hybridized carbons (Fsp3) is 0.235. The van der Waals surface area contributed by atoms with Crippen molar-refractivity contribution in [2.45, 2.75) is 26.0 Å². The molecule has 2 aromatic carbocycles. The molecule has 0 fully saturated rings. The number of benzene rings is 2. The quantitative estimate of drug-likeness (QED) is 0.891. The van der Waals surface area contributed by atoms with Gasteiger partial charge in [-0.3, -0.25) is 5.32 Å². The fourth-order valence-electron chi connectivity index (χ4n) is 2.49. The summed E-state index contributed by atoms with van der Waals surface area (Å²) in [5.41, 5.74) is 4.02. The van der Waals surface area contributed by atoms with Crippen LogP contribution in [0.5, 0.6) is 0 Å². The fourth-order valence-corrected chi connectivity index (χ4v) is 2.49. The summed E-state index contributed by atoms with van der Waals surface area (Å²) in [6.45, 7) is 4.51. The van der Waals surface area contributed by atoms with Crippen molar-refractivity contribution in [1.29, 1.82) is 0 Å². The SMILES string of the molecule is CC1(C)Nc2cc(NC(=O)OCc3ccccc3)ccc21. The van der Waals surface area contributed by atoms with Gasteiger partial charge in [0, 0.05) is 16.9 Å². The van der Waals surface area contributed by atoms with Crippen molar-refractivity contribution in [1.82, 2.24) is 0 Å². The number of anilines is 2. The van der Waals surface area contributed by atoms with Crippen LogP contribution in [0.4, 0.5) is 16.2 Å². The molecule has 0 bridgehead atoms. The first-order chi connectivity index (χ1) is 10.0. The van der Waals surface area contributed by atoms with Crippen LogP contribution in [-0.2, 0) is 16.9 Å². The number of hydrogen-bond donors (Lipinski definition) is 2. The van der Waals surface area contributed by atoms with Gasteiger partial charge in [0.25, 0.3) is 0 Å². The molecule has 0 unspecified atom stereocenters. The van der Waals surface area contributed by atoms with Gasteiger partial charge in [0.1, 0.15) is 6.61 Å². The van der Waals surface area contributed by atoms with E-state index in [1.165, 1.54) is 5.56 Å². The first-order valence-electron chi connectivity index (χ1n) is 6.95. The summed E-state index contributed by atoms with van der Waals surface area (Å²) in [6, 6.07) is 15.4. The average molecular weight is 282 g/mol. The second-order valence-electron chi connectivity index (χ2n) is 5.70. The van der Waals surface area contributed by atoms with E-state index in [2.05, 4.69) is 24.5 Å². The lowest BCUT2D eigenvalue weighted by Gasteiger charge is -2.40. The molecule has 3 rings (SSSR count). The maximum Gasteiger partial charge on any atom is 0.411 e. The summed E-state index contributed by atoms with van der Waals surface area (Å²) in [4.78, 5) is 11.8. The molecule has 21 heavy (non-hydrogen) atoms. The molecule has 1 amide bonds. The zero-order chi connectivity index (χ0) is 14.9. The van der Waals surface area contributed by atoms with Crippen molar-refractivity contribution in [3.05, 3.63) is 59.7 Å². The van der Waals surface area contributed by atoms with Crippen LogP contribution in [0.3, 0.4) is 0 Å². The Balaban J connectivity index is 1.57. The topological polar surface area (TPSA) is 50.4 Å². The number of fused-ring (bicyclic) bond motifs is 1. The molecule has 0 spiro atoms. The summed E-state index contributed by atoms with van der Waals surface area (Å²) >= 11 is 0. The van der Waals surface area contributed by atoms with E-state index in [1.807, 2.05) is 48.5 Å². The van der Waals surface area contributed by atoms with E-state index in [4.69, 9.17) is 4.74 Å². The second-order valence-corrected chi connectivity index (χ2v) is 5.70. The Kier molecular flexibility index (Phi) is 3.29. The van der Waals surface area contributed by atoms with Crippen molar-refractivity contribution in [3.63, 3.8) is 0 Å². The Morgan fingerprint density at radius 3 is 2.62 bits per heavy atom. The van der Waals surface area contributed by atoms with E-state index in [1.54, 1.807) is 0 Å². The second kappa shape index (κ2) is 5.13. The van der Waals surface area contributed by atoms with Crippen molar-refractivity contribution >= 4 is 17.5 Å². The first-order valence-corrected chi connectivity index (χ1v) is 6.95. The monoisotopic (exact) mass is 282 g/mol. The number of hydrogen-bond acceptors (Lipinski definition) is 3. The van der Waals surface area contributed by atoms with E-state index >= 15 is 0 Å². The van der Waals surface area contributed by atoms with Gasteiger partial charge in [-0.1, -0.05) is 36.4 Å². The Morgan fingerprint density at radius 1 is 1.19 bits per heavy atom. The summed E-state index contributed by atoms with van der Waals surface area (Å²) < 4.78 is 5.19. The highest BCUT2D eigenvalue weighted by atomic mass is 16.5. The molecule has 0 saturated heterocycles.